The van der Waals surface area contributed by atoms with Gasteiger partial charge in [-0.3, -0.25) is 0 Å². The highest BCUT2D eigenvalue weighted by Crippen LogP contribution is 2.12. The first-order valence-corrected chi connectivity index (χ1v) is 7.66. The van der Waals surface area contributed by atoms with Crippen molar-refractivity contribution in [3.05, 3.63) is 12.2 Å². The predicted octanol–water partition coefficient (Wildman–Crippen LogP) is 3.30. The van der Waals surface area contributed by atoms with Gasteiger partial charge in [0.15, 0.2) is 0 Å². The third kappa shape index (κ3) is 13.3. The number of carboxylic acid groups (broad SMARTS) is 1. The van der Waals surface area contributed by atoms with Gasteiger partial charge in [-0.1, -0.05) is 38.7 Å². The molecule has 0 aliphatic carbocycles. The van der Waals surface area contributed by atoms with Crippen molar-refractivity contribution in [2.75, 3.05) is 0 Å². The van der Waals surface area contributed by atoms with Crippen LogP contribution in [0.4, 0.5) is 0 Å². The number of aliphatic carboxylic acids is 1. The molecule has 0 aliphatic heterocycles. The number of nitrogens with two attached hydrogens (primary N) is 1. The first-order valence-electron chi connectivity index (χ1n) is 7.66. The van der Waals surface area contributed by atoms with Crippen LogP contribution in [0.2, 0.25) is 0 Å². The molecule has 0 radical (unpaired) electrons. The molecule has 0 heterocycles. The van der Waals surface area contributed by atoms with Crippen molar-refractivity contribution < 1.29 is 14.7 Å². The Bertz CT molecular complexity index is 289. The Morgan fingerprint density at radius 3 is 2.40 bits per heavy atom. The maximum atomic E-state index is 10.5. The van der Waals surface area contributed by atoms with Gasteiger partial charge >= 0.3 is 5.97 Å². The number of aldehydes is 1. The second kappa shape index (κ2) is 12.9. The second-order valence-corrected chi connectivity index (χ2v) is 5.54. The van der Waals surface area contributed by atoms with Crippen molar-refractivity contribution in [1.29, 1.82) is 0 Å². The number of hydrogen-bond acceptors (Lipinski definition) is 3. The molecule has 0 saturated carbocycles. The molecular formula is C16H29NO3. The first kappa shape index (κ1) is 18.8. The van der Waals surface area contributed by atoms with E-state index in [9.17, 15) is 9.59 Å². The standard InChI is InChI=1S/C16H29NO3/c1-14(13-18)11-12-15(17)9-7-5-3-2-4-6-8-10-16(19)20/h8,10,13-15H,2-7,9,11-12,17H2,1H3,(H,19,20). The van der Waals surface area contributed by atoms with Crippen LogP contribution in [-0.2, 0) is 9.59 Å². The van der Waals surface area contributed by atoms with Crippen molar-refractivity contribution >= 4 is 12.3 Å². The summed E-state index contributed by atoms with van der Waals surface area (Å²) in [6.45, 7) is 1.93. The summed E-state index contributed by atoms with van der Waals surface area (Å²) in [6, 6.07) is 0.218. The fourth-order valence-electron chi connectivity index (χ4n) is 2.07. The number of unbranched alkanes of at least 4 members (excludes halogenated alkanes) is 5. The molecule has 4 heteroatoms. The van der Waals surface area contributed by atoms with Gasteiger partial charge in [-0.25, -0.2) is 4.79 Å². The summed E-state index contributed by atoms with van der Waals surface area (Å²) in [5.74, 6) is -0.747. The highest BCUT2D eigenvalue weighted by atomic mass is 16.4. The zero-order chi connectivity index (χ0) is 15.2. The molecule has 3 N–H and O–H groups in total. The monoisotopic (exact) mass is 283 g/mol. The lowest BCUT2D eigenvalue weighted by molar-refractivity contribution is -0.131. The van der Waals surface area contributed by atoms with Crippen LogP contribution < -0.4 is 5.73 Å². The molecule has 0 aromatic rings. The van der Waals surface area contributed by atoms with E-state index in [1.807, 2.05) is 6.92 Å². The van der Waals surface area contributed by atoms with Gasteiger partial charge in [-0.2, -0.15) is 0 Å². The molecule has 0 fully saturated rings. The molecule has 2 atom stereocenters. The van der Waals surface area contributed by atoms with E-state index in [1.54, 1.807) is 6.08 Å². The van der Waals surface area contributed by atoms with E-state index in [1.165, 1.54) is 18.9 Å². The van der Waals surface area contributed by atoms with Crippen molar-refractivity contribution in [3.8, 4) is 0 Å². The highest BCUT2D eigenvalue weighted by Gasteiger charge is 2.05. The van der Waals surface area contributed by atoms with Gasteiger partial charge in [0.05, 0.1) is 0 Å². The first-order chi connectivity index (χ1) is 9.56. The van der Waals surface area contributed by atoms with Crippen molar-refractivity contribution in [2.45, 2.75) is 70.8 Å². The van der Waals surface area contributed by atoms with Gasteiger partial charge in [0.25, 0.3) is 0 Å². The average Bonchev–Trinajstić information content (AvgIpc) is 2.42. The summed E-state index contributed by atoms with van der Waals surface area (Å²) in [7, 11) is 0. The average molecular weight is 283 g/mol. The number of carbonyl (C=O) groups excluding carboxylic acids is 1. The minimum Gasteiger partial charge on any atom is -0.478 e. The Hall–Kier alpha value is -1.16. The molecule has 4 nitrogen and oxygen atoms in total. The van der Waals surface area contributed by atoms with Gasteiger partial charge in [0.1, 0.15) is 6.29 Å². The van der Waals surface area contributed by atoms with Crippen LogP contribution in [-0.4, -0.2) is 23.4 Å². The van der Waals surface area contributed by atoms with Crippen LogP contribution in [0.25, 0.3) is 0 Å². The largest absolute Gasteiger partial charge is 0.478 e. The lowest BCUT2D eigenvalue weighted by Gasteiger charge is -2.12. The number of carbonyl (C=O) groups is 2. The number of hydrogen-bond donors (Lipinski definition) is 2. The number of carboxylic acids is 1. The van der Waals surface area contributed by atoms with Crippen molar-refractivity contribution in [2.24, 2.45) is 11.7 Å². The van der Waals surface area contributed by atoms with Gasteiger partial charge in [-0.15, -0.1) is 0 Å². The van der Waals surface area contributed by atoms with Gasteiger partial charge in [-0.05, 0) is 32.1 Å². The third-order valence-corrected chi connectivity index (χ3v) is 3.43. The molecular weight excluding hydrogens is 254 g/mol. The summed E-state index contributed by atoms with van der Waals surface area (Å²) in [4.78, 5) is 20.7. The quantitative estimate of drug-likeness (QED) is 0.309. The Kier molecular flexibility index (Phi) is 12.1. The van der Waals surface area contributed by atoms with Crippen LogP contribution in [0.5, 0.6) is 0 Å². The smallest absolute Gasteiger partial charge is 0.327 e. The highest BCUT2D eigenvalue weighted by molar-refractivity contribution is 5.79. The van der Waals surface area contributed by atoms with E-state index in [-0.39, 0.29) is 12.0 Å². The third-order valence-electron chi connectivity index (χ3n) is 3.43. The van der Waals surface area contributed by atoms with Crippen LogP contribution in [0.15, 0.2) is 12.2 Å². The van der Waals surface area contributed by atoms with Crippen LogP contribution >= 0.6 is 0 Å². The molecule has 116 valence electrons. The zero-order valence-corrected chi connectivity index (χ0v) is 12.6. The Morgan fingerprint density at radius 2 is 1.75 bits per heavy atom. The van der Waals surface area contributed by atoms with Gasteiger partial charge < -0.3 is 15.6 Å². The maximum Gasteiger partial charge on any atom is 0.327 e. The van der Waals surface area contributed by atoms with E-state index in [0.29, 0.717) is 0 Å². The summed E-state index contributed by atoms with van der Waals surface area (Å²) in [5, 5.41) is 8.41. The van der Waals surface area contributed by atoms with Crippen LogP contribution in [0, 0.1) is 5.92 Å². The Balaban J connectivity index is 3.31. The molecule has 0 aromatic heterocycles. The molecule has 0 spiro atoms. The topological polar surface area (TPSA) is 80.4 Å². The van der Waals surface area contributed by atoms with Gasteiger partial charge in [0.2, 0.25) is 0 Å². The van der Waals surface area contributed by atoms with Gasteiger partial charge in [0, 0.05) is 18.0 Å². The van der Waals surface area contributed by atoms with Crippen molar-refractivity contribution in [1.82, 2.24) is 0 Å². The summed E-state index contributed by atoms with van der Waals surface area (Å²) >= 11 is 0. The number of allylic oxidation sites excluding steroid dienone is 1. The Morgan fingerprint density at radius 1 is 1.10 bits per heavy atom. The molecule has 0 bridgehead atoms. The van der Waals surface area contributed by atoms with E-state index in [0.717, 1.165) is 51.2 Å². The fraction of sp³-hybridized carbons (Fsp3) is 0.750. The molecule has 0 rings (SSSR count). The Labute approximate surface area is 122 Å². The SMILES string of the molecule is CC(C=O)CCC(N)CCCCCCCC=CC(=O)O. The van der Waals surface area contributed by atoms with Crippen LogP contribution in [0.1, 0.15) is 64.7 Å². The van der Waals surface area contributed by atoms with Crippen LogP contribution in [0.3, 0.4) is 0 Å². The fourth-order valence-corrected chi connectivity index (χ4v) is 2.07. The van der Waals surface area contributed by atoms with Crippen molar-refractivity contribution in [3.63, 3.8) is 0 Å². The zero-order valence-electron chi connectivity index (χ0n) is 12.6. The van der Waals surface area contributed by atoms with E-state index in [4.69, 9.17) is 10.8 Å². The second-order valence-electron chi connectivity index (χ2n) is 5.54. The summed E-state index contributed by atoms with van der Waals surface area (Å²) in [5.41, 5.74) is 6.00. The molecule has 0 saturated heterocycles. The van der Waals surface area contributed by atoms with E-state index >= 15 is 0 Å². The predicted molar refractivity (Wildman–Crippen MR) is 81.5 cm³/mol. The maximum absolute atomic E-state index is 10.5. The lowest BCUT2D eigenvalue weighted by atomic mass is 9.99. The minimum atomic E-state index is -0.872. The summed E-state index contributed by atoms with van der Waals surface area (Å²) < 4.78 is 0. The number of rotatable bonds is 13. The normalized spacial score (nSPS) is 14.3. The van der Waals surface area contributed by atoms with E-state index < -0.39 is 5.97 Å². The molecule has 0 aliphatic rings. The summed E-state index contributed by atoms with van der Waals surface area (Å²) in [6.07, 6.45) is 13.3. The minimum absolute atomic E-state index is 0.125. The van der Waals surface area contributed by atoms with E-state index in [2.05, 4.69) is 0 Å². The lowest BCUT2D eigenvalue weighted by Crippen LogP contribution is -2.20. The molecule has 20 heavy (non-hydrogen) atoms. The molecule has 2 unspecified atom stereocenters. The molecule has 0 amide bonds. The molecule has 0 aromatic carbocycles.